The second-order valence-corrected chi connectivity index (χ2v) is 7.46. The molecule has 2 aromatic rings. The van der Waals surface area contributed by atoms with Gasteiger partial charge in [0, 0.05) is 12.0 Å². The van der Waals surface area contributed by atoms with Gasteiger partial charge < -0.3 is 19.7 Å². The first-order chi connectivity index (χ1) is 12.5. The van der Waals surface area contributed by atoms with Gasteiger partial charge in [0.1, 0.15) is 6.10 Å². The molecular weight excluding hydrogens is 328 g/mol. The number of fused-ring (bicyclic) bond motifs is 2. The Hall–Kier alpha value is -1.72. The van der Waals surface area contributed by atoms with Crippen molar-refractivity contribution in [1.82, 2.24) is 0 Å². The minimum Gasteiger partial charge on any atom is -0.390 e. The van der Waals surface area contributed by atoms with Gasteiger partial charge in [-0.25, -0.2) is 0 Å². The summed E-state index contributed by atoms with van der Waals surface area (Å²) >= 11 is 0. The van der Waals surface area contributed by atoms with Crippen LogP contribution in [0.2, 0.25) is 0 Å². The maximum atomic E-state index is 10.2. The Morgan fingerprint density at radius 3 is 2.42 bits per heavy atom. The van der Waals surface area contributed by atoms with Gasteiger partial charge >= 0.3 is 0 Å². The van der Waals surface area contributed by atoms with Crippen LogP contribution in [0, 0.1) is 0 Å². The number of aryl methyl sites for hydroxylation is 1. The topological polar surface area (TPSA) is 58.9 Å². The molecule has 1 fully saturated rings. The van der Waals surface area contributed by atoms with E-state index in [-0.39, 0.29) is 6.42 Å². The predicted octanol–water partition coefficient (Wildman–Crippen LogP) is 3.05. The van der Waals surface area contributed by atoms with Crippen LogP contribution in [-0.2, 0) is 34.7 Å². The van der Waals surface area contributed by atoms with Crippen molar-refractivity contribution < 1.29 is 19.7 Å². The van der Waals surface area contributed by atoms with E-state index in [4.69, 9.17) is 9.47 Å². The molecule has 4 atom stereocenters. The molecule has 0 saturated carbocycles. The lowest BCUT2D eigenvalue weighted by Gasteiger charge is -2.42. The molecule has 2 N–H and O–H groups in total. The first kappa shape index (κ1) is 17.7. The first-order valence-electron chi connectivity index (χ1n) is 9.39. The lowest BCUT2D eigenvalue weighted by atomic mass is 9.89. The SMILES string of the molecule is CCc1ccc(Cc2ccc3c(c2)[C@]2(C[C@@H](O)[C@H](O)[C@@H](C)O2)OC3)cc1. The molecule has 0 bridgehead atoms. The van der Waals surface area contributed by atoms with E-state index in [1.165, 1.54) is 16.7 Å². The van der Waals surface area contributed by atoms with Gasteiger partial charge in [0.15, 0.2) is 5.79 Å². The van der Waals surface area contributed by atoms with Crippen LogP contribution >= 0.6 is 0 Å². The minimum atomic E-state index is -0.949. The second kappa shape index (κ2) is 6.78. The standard InChI is InChI=1S/C22H26O4/c1-3-15-4-6-16(7-5-15)10-17-8-9-18-13-25-22(19(18)11-17)12-20(23)21(24)14(2)26-22/h4-9,11,14,20-21,23-24H,3,10,12-13H2,1-2H3/t14-,20-,21-,22-/m1/s1. The average molecular weight is 354 g/mol. The van der Waals surface area contributed by atoms with E-state index in [0.717, 1.165) is 24.0 Å². The number of benzene rings is 2. The number of aliphatic hydroxyl groups is 2. The van der Waals surface area contributed by atoms with Gasteiger partial charge in [-0.1, -0.05) is 43.3 Å². The molecule has 138 valence electrons. The quantitative estimate of drug-likeness (QED) is 0.889. The highest BCUT2D eigenvalue weighted by Gasteiger charge is 2.50. The summed E-state index contributed by atoms with van der Waals surface area (Å²) in [6.07, 6.45) is -0.0739. The van der Waals surface area contributed by atoms with Crippen LogP contribution < -0.4 is 0 Å². The van der Waals surface area contributed by atoms with Crippen LogP contribution in [-0.4, -0.2) is 28.5 Å². The van der Waals surface area contributed by atoms with Crippen molar-refractivity contribution in [2.24, 2.45) is 0 Å². The van der Waals surface area contributed by atoms with Crippen molar-refractivity contribution in [3.05, 3.63) is 70.3 Å². The predicted molar refractivity (Wildman–Crippen MR) is 98.7 cm³/mol. The normalized spacial score (nSPS) is 30.5. The molecule has 1 saturated heterocycles. The zero-order chi connectivity index (χ0) is 18.3. The largest absolute Gasteiger partial charge is 0.390 e. The van der Waals surface area contributed by atoms with E-state index >= 15 is 0 Å². The third-order valence-corrected chi connectivity index (χ3v) is 5.61. The highest BCUT2D eigenvalue weighted by molar-refractivity contribution is 5.40. The summed E-state index contributed by atoms with van der Waals surface area (Å²) in [5.41, 5.74) is 5.87. The van der Waals surface area contributed by atoms with E-state index in [1.54, 1.807) is 6.92 Å². The molecule has 0 aliphatic carbocycles. The van der Waals surface area contributed by atoms with Gasteiger partial charge in [0.25, 0.3) is 0 Å². The highest BCUT2D eigenvalue weighted by atomic mass is 16.7. The molecule has 2 aliphatic rings. The zero-order valence-corrected chi connectivity index (χ0v) is 15.3. The van der Waals surface area contributed by atoms with E-state index in [1.807, 2.05) is 0 Å². The van der Waals surface area contributed by atoms with Crippen LogP contribution in [0.4, 0.5) is 0 Å². The van der Waals surface area contributed by atoms with Gasteiger partial charge in [-0.3, -0.25) is 0 Å². The number of aliphatic hydroxyl groups excluding tert-OH is 2. The molecule has 26 heavy (non-hydrogen) atoms. The van der Waals surface area contributed by atoms with E-state index < -0.39 is 24.1 Å². The van der Waals surface area contributed by atoms with E-state index in [2.05, 4.69) is 49.4 Å². The molecular formula is C22H26O4. The highest BCUT2D eigenvalue weighted by Crippen LogP contribution is 2.45. The zero-order valence-electron chi connectivity index (χ0n) is 15.3. The van der Waals surface area contributed by atoms with Crippen molar-refractivity contribution in [3.63, 3.8) is 0 Å². The second-order valence-electron chi connectivity index (χ2n) is 7.46. The third-order valence-electron chi connectivity index (χ3n) is 5.61. The van der Waals surface area contributed by atoms with Gasteiger partial charge in [-0.2, -0.15) is 0 Å². The molecule has 4 nitrogen and oxygen atoms in total. The number of ether oxygens (including phenoxy) is 2. The summed E-state index contributed by atoms with van der Waals surface area (Å²) < 4.78 is 12.0. The molecule has 2 aliphatic heterocycles. The van der Waals surface area contributed by atoms with Gasteiger partial charge in [-0.05, 0) is 48.1 Å². The Labute approximate surface area is 154 Å². The number of hydrogen-bond acceptors (Lipinski definition) is 4. The Kier molecular flexibility index (Phi) is 4.61. The average Bonchev–Trinajstić information content (AvgIpc) is 2.98. The lowest BCUT2D eigenvalue weighted by molar-refractivity contribution is -0.318. The van der Waals surface area contributed by atoms with Crippen molar-refractivity contribution in [1.29, 1.82) is 0 Å². The first-order valence-corrected chi connectivity index (χ1v) is 9.39. The van der Waals surface area contributed by atoms with Gasteiger partial charge in [0.2, 0.25) is 0 Å². The lowest BCUT2D eigenvalue weighted by Crippen LogP contribution is -2.52. The Balaban J connectivity index is 1.61. The van der Waals surface area contributed by atoms with Gasteiger partial charge in [-0.15, -0.1) is 0 Å². The van der Waals surface area contributed by atoms with Crippen LogP contribution in [0.1, 0.15) is 48.1 Å². The molecule has 0 radical (unpaired) electrons. The van der Waals surface area contributed by atoms with Crippen LogP contribution in [0.15, 0.2) is 42.5 Å². The smallest absolute Gasteiger partial charge is 0.198 e. The molecule has 4 rings (SSSR count). The van der Waals surface area contributed by atoms with Crippen molar-refractivity contribution in [3.8, 4) is 0 Å². The molecule has 0 aromatic heterocycles. The van der Waals surface area contributed by atoms with Crippen LogP contribution in [0.25, 0.3) is 0 Å². The fourth-order valence-corrected chi connectivity index (χ4v) is 4.01. The van der Waals surface area contributed by atoms with Crippen LogP contribution in [0.5, 0.6) is 0 Å². The summed E-state index contributed by atoms with van der Waals surface area (Å²) in [5.74, 6) is -0.949. The number of rotatable bonds is 3. The Morgan fingerprint density at radius 1 is 1.04 bits per heavy atom. The third kappa shape index (κ3) is 3.08. The van der Waals surface area contributed by atoms with E-state index in [0.29, 0.717) is 6.61 Å². The van der Waals surface area contributed by atoms with E-state index in [9.17, 15) is 10.2 Å². The van der Waals surface area contributed by atoms with Crippen molar-refractivity contribution in [2.75, 3.05) is 0 Å². The molecule has 1 spiro atoms. The molecule has 0 unspecified atom stereocenters. The monoisotopic (exact) mass is 354 g/mol. The Morgan fingerprint density at radius 2 is 1.73 bits per heavy atom. The maximum absolute atomic E-state index is 10.2. The summed E-state index contributed by atoms with van der Waals surface area (Å²) in [6.45, 7) is 4.40. The van der Waals surface area contributed by atoms with Crippen molar-refractivity contribution >= 4 is 0 Å². The molecule has 2 aromatic carbocycles. The maximum Gasteiger partial charge on any atom is 0.198 e. The summed E-state index contributed by atoms with van der Waals surface area (Å²) in [4.78, 5) is 0. The molecule has 2 heterocycles. The summed E-state index contributed by atoms with van der Waals surface area (Å²) in [6, 6.07) is 15.1. The van der Waals surface area contributed by atoms with Gasteiger partial charge in [0.05, 0.1) is 18.8 Å². The fourth-order valence-electron chi connectivity index (χ4n) is 4.01. The molecule has 4 heteroatoms. The molecule has 0 amide bonds. The van der Waals surface area contributed by atoms with Crippen LogP contribution in [0.3, 0.4) is 0 Å². The minimum absolute atomic E-state index is 0.250. The fraction of sp³-hybridized carbons (Fsp3) is 0.455. The summed E-state index contributed by atoms with van der Waals surface area (Å²) in [5, 5.41) is 20.2. The summed E-state index contributed by atoms with van der Waals surface area (Å²) in [7, 11) is 0. The Bertz CT molecular complexity index is 771. The van der Waals surface area contributed by atoms with Crippen molar-refractivity contribution in [2.45, 2.75) is 63.8 Å². The number of hydrogen-bond donors (Lipinski definition) is 2.